The summed E-state index contributed by atoms with van der Waals surface area (Å²) in [5.41, 5.74) is 0.691. The van der Waals surface area contributed by atoms with Crippen molar-refractivity contribution < 1.29 is 9.53 Å². The van der Waals surface area contributed by atoms with Crippen molar-refractivity contribution in [2.75, 3.05) is 12.4 Å². The Labute approximate surface area is 146 Å². The van der Waals surface area contributed by atoms with Gasteiger partial charge in [-0.3, -0.25) is 4.79 Å². The summed E-state index contributed by atoms with van der Waals surface area (Å²) in [5, 5.41) is 5.10. The minimum atomic E-state index is -0.212. The molecule has 1 unspecified atom stereocenters. The molecule has 24 heavy (non-hydrogen) atoms. The first-order valence-electron chi connectivity index (χ1n) is 7.77. The summed E-state index contributed by atoms with van der Waals surface area (Å²) in [7, 11) is 1.60. The van der Waals surface area contributed by atoms with Crippen LogP contribution in [0.2, 0.25) is 0 Å². The number of carbonyl (C=O) groups is 1. The molecule has 0 saturated heterocycles. The lowest BCUT2D eigenvalue weighted by atomic mass is 10.1. The zero-order valence-corrected chi connectivity index (χ0v) is 14.5. The third kappa shape index (κ3) is 3.71. The van der Waals surface area contributed by atoms with E-state index in [1.165, 1.54) is 10.8 Å². The first kappa shape index (κ1) is 16.4. The Balaban J connectivity index is 1.71. The van der Waals surface area contributed by atoms with Crippen LogP contribution in [0.5, 0.6) is 5.75 Å². The maximum atomic E-state index is 12.5. The Kier molecular flexibility index (Phi) is 5.06. The molecule has 3 aromatic rings. The van der Waals surface area contributed by atoms with E-state index >= 15 is 0 Å². The lowest BCUT2D eigenvalue weighted by molar-refractivity contribution is -0.115. The van der Waals surface area contributed by atoms with Crippen LogP contribution in [0, 0.1) is 0 Å². The molecule has 0 radical (unpaired) electrons. The molecular weight excluding hydrogens is 318 g/mol. The van der Waals surface area contributed by atoms with E-state index in [1.807, 2.05) is 43.3 Å². The highest BCUT2D eigenvalue weighted by molar-refractivity contribution is 8.00. The number of hydrogen-bond acceptors (Lipinski definition) is 3. The first-order chi connectivity index (χ1) is 11.7. The molecular formula is C20H19NO2S. The van der Waals surface area contributed by atoms with Gasteiger partial charge in [0.25, 0.3) is 0 Å². The van der Waals surface area contributed by atoms with Crippen molar-refractivity contribution in [1.82, 2.24) is 0 Å². The molecule has 3 rings (SSSR count). The molecule has 0 aliphatic carbocycles. The number of ether oxygens (including phenoxy) is 1. The van der Waals surface area contributed by atoms with Crippen LogP contribution >= 0.6 is 11.8 Å². The fraction of sp³-hybridized carbons (Fsp3) is 0.150. The Morgan fingerprint density at radius 2 is 1.71 bits per heavy atom. The molecule has 0 bridgehead atoms. The van der Waals surface area contributed by atoms with Crippen LogP contribution in [0.3, 0.4) is 0 Å². The lowest BCUT2D eigenvalue weighted by Gasteiger charge is -2.14. The Morgan fingerprint density at radius 1 is 1.00 bits per heavy atom. The molecule has 0 fully saturated rings. The van der Waals surface area contributed by atoms with Gasteiger partial charge in [-0.25, -0.2) is 0 Å². The van der Waals surface area contributed by atoms with Crippen LogP contribution in [0.4, 0.5) is 5.69 Å². The lowest BCUT2D eigenvalue weighted by Crippen LogP contribution is -2.22. The quantitative estimate of drug-likeness (QED) is 0.668. The van der Waals surface area contributed by atoms with E-state index in [0.717, 1.165) is 4.90 Å². The number of amides is 1. The molecule has 1 atom stereocenters. The van der Waals surface area contributed by atoms with Crippen molar-refractivity contribution in [3.05, 3.63) is 66.7 Å². The average molecular weight is 337 g/mol. The number of fused-ring (bicyclic) bond motifs is 1. The van der Waals surface area contributed by atoms with Gasteiger partial charge >= 0.3 is 0 Å². The number of benzene rings is 3. The molecule has 3 aromatic carbocycles. The SMILES string of the molecule is COc1ccccc1NC(=O)C(C)Sc1ccc2ccccc2c1. The molecule has 4 heteroatoms. The number of para-hydroxylation sites is 2. The fourth-order valence-corrected chi connectivity index (χ4v) is 3.40. The minimum Gasteiger partial charge on any atom is -0.495 e. The second-order valence-electron chi connectivity index (χ2n) is 5.46. The Morgan fingerprint density at radius 3 is 2.50 bits per heavy atom. The summed E-state index contributed by atoms with van der Waals surface area (Å²) < 4.78 is 5.27. The molecule has 1 N–H and O–H groups in total. The zero-order valence-electron chi connectivity index (χ0n) is 13.7. The maximum Gasteiger partial charge on any atom is 0.237 e. The van der Waals surface area contributed by atoms with Crippen molar-refractivity contribution >= 4 is 34.1 Å². The van der Waals surface area contributed by atoms with Crippen LogP contribution < -0.4 is 10.1 Å². The van der Waals surface area contributed by atoms with Crippen molar-refractivity contribution in [2.24, 2.45) is 0 Å². The predicted molar refractivity (Wildman–Crippen MR) is 101 cm³/mol. The summed E-state index contributed by atoms with van der Waals surface area (Å²) in [6.07, 6.45) is 0. The molecule has 1 amide bonds. The highest BCUT2D eigenvalue weighted by atomic mass is 32.2. The average Bonchev–Trinajstić information content (AvgIpc) is 2.62. The standard InChI is InChI=1S/C20H19NO2S/c1-14(20(22)21-18-9-5-6-10-19(18)23-2)24-17-12-11-15-7-3-4-8-16(15)13-17/h3-14H,1-2H3,(H,21,22). The van der Waals surface area contributed by atoms with Crippen LogP contribution in [0.1, 0.15) is 6.92 Å². The second-order valence-corrected chi connectivity index (χ2v) is 6.87. The normalized spacial score (nSPS) is 11.9. The molecule has 0 spiro atoms. The van der Waals surface area contributed by atoms with Gasteiger partial charge in [-0.05, 0) is 42.0 Å². The number of nitrogens with one attached hydrogen (secondary N) is 1. The number of methoxy groups -OCH3 is 1. The Hall–Kier alpha value is -2.46. The van der Waals surface area contributed by atoms with Crippen molar-refractivity contribution in [1.29, 1.82) is 0 Å². The molecule has 3 nitrogen and oxygen atoms in total. The number of hydrogen-bond donors (Lipinski definition) is 1. The highest BCUT2D eigenvalue weighted by Crippen LogP contribution is 2.29. The van der Waals surface area contributed by atoms with Gasteiger partial charge in [-0.1, -0.05) is 42.5 Å². The molecule has 0 saturated carbocycles. The summed E-state index contributed by atoms with van der Waals surface area (Å²) in [5.74, 6) is 0.617. The third-order valence-electron chi connectivity index (χ3n) is 3.77. The van der Waals surface area contributed by atoms with Gasteiger partial charge in [0.2, 0.25) is 5.91 Å². The van der Waals surface area contributed by atoms with Crippen LogP contribution in [0.25, 0.3) is 10.8 Å². The van der Waals surface area contributed by atoms with Crippen molar-refractivity contribution in [2.45, 2.75) is 17.1 Å². The smallest absolute Gasteiger partial charge is 0.237 e. The van der Waals surface area contributed by atoms with Gasteiger partial charge in [-0.15, -0.1) is 11.8 Å². The number of rotatable bonds is 5. The maximum absolute atomic E-state index is 12.5. The van der Waals surface area contributed by atoms with E-state index in [9.17, 15) is 4.79 Å². The van der Waals surface area contributed by atoms with E-state index in [4.69, 9.17) is 4.74 Å². The number of thioether (sulfide) groups is 1. The van der Waals surface area contributed by atoms with E-state index in [2.05, 4.69) is 35.6 Å². The topological polar surface area (TPSA) is 38.3 Å². The number of anilines is 1. The van der Waals surface area contributed by atoms with E-state index in [1.54, 1.807) is 18.9 Å². The summed E-state index contributed by atoms with van der Waals surface area (Å²) in [6.45, 7) is 1.91. The fourth-order valence-electron chi connectivity index (χ4n) is 2.48. The summed E-state index contributed by atoms with van der Waals surface area (Å²) in [6, 6.07) is 21.9. The molecule has 0 aliphatic heterocycles. The molecule has 0 aromatic heterocycles. The Bertz CT molecular complexity index is 863. The van der Waals surface area contributed by atoms with E-state index in [-0.39, 0.29) is 11.2 Å². The van der Waals surface area contributed by atoms with E-state index in [0.29, 0.717) is 11.4 Å². The first-order valence-corrected chi connectivity index (χ1v) is 8.64. The largest absolute Gasteiger partial charge is 0.495 e. The van der Waals surface area contributed by atoms with Gasteiger partial charge in [-0.2, -0.15) is 0 Å². The van der Waals surface area contributed by atoms with Gasteiger partial charge in [0, 0.05) is 4.90 Å². The molecule has 0 heterocycles. The van der Waals surface area contributed by atoms with Crippen molar-refractivity contribution in [3.63, 3.8) is 0 Å². The van der Waals surface area contributed by atoms with Crippen LogP contribution in [-0.4, -0.2) is 18.3 Å². The number of carbonyl (C=O) groups excluding carboxylic acids is 1. The summed E-state index contributed by atoms with van der Waals surface area (Å²) >= 11 is 1.55. The van der Waals surface area contributed by atoms with Gasteiger partial charge in [0.1, 0.15) is 5.75 Å². The zero-order chi connectivity index (χ0) is 16.9. The van der Waals surface area contributed by atoms with Gasteiger partial charge in [0.15, 0.2) is 0 Å². The third-order valence-corrected chi connectivity index (χ3v) is 4.86. The predicted octanol–water partition coefficient (Wildman–Crippen LogP) is 4.97. The summed E-state index contributed by atoms with van der Waals surface area (Å²) in [4.78, 5) is 13.5. The van der Waals surface area contributed by atoms with Gasteiger partial charge < -0.3 is 10.1 Å². The molecule has 122 valence electrons. The second kappa shape index (κ2) is 7.41. The van der Waals surface area contributed by atoms with Crippen molar-refractivity contribution in [3.8, 4) is 5.75 Å². The van der Waals surface area contributed by atoms with Crippen LogP contribution in [-0.2, 0) is 4.79 Å². The minimum absolute atomic E-state index is 0.0438. The van der Waals surface area contributed by atoms with Gasteiger partial charge in [0.05, 0.1) is 18.0 Å². The van der Waals surface area contributed by atoms with Crippen LogP contribution in [0.15, 0.2) is 71.6 Å². The highest BCUT2D eigenvalue weighted by Gasteiger charge is 2.16. The van der Waals surface area contributed by atoms with E-state index < -0.39 is 0 Å². The monoisotopic (exact) mass is 337 g/mol. The molecule has 0 aliphatic rings.